The Morgan fingerprint density at radius 2 is 1.57 bits per heavy atom. The fourth-order valence-corrected chi connectivity index (χ4v) is 6.00. The number of esters is 1. The van der Waals surface area contributed by atoms with Gasteiger partial charge < -0.3 is 4.74 Å². The lowest BCUT2D eigenvalue weighted by Crippen LogP contribution is -2.18. The highest BCUT2D eigenvalue weighted by Crippen LogP contribution is 2.38. The quantitative estimate of drug-likeness (QED) is 0.137. The predicted octanol–water partition coefficient (Wildman–Crippen LogP) is 10.1. The standard InChI is InChI=1S/C35H52O2/c1-5-7-9-11-14-27(3)35(36)37-34-17-13-12-16-32(34)24-22-30-23-25-33(26-28(30)4)31-20-18-29(19-21-31)15-10-8-6-2/h12-13,16-17,23,25-27,29,31H,5-11,14-15,18-22,24H2,1-4H3. The van der Waals surface area contributed by atoms with Gasteiger partial charge in [0.1, 0.15) is 5.75 Å². The van der Waals surface area contributed by atoms with Gasteiger partial charge in [-0.05, 0) is 92.0 Å². The molecule has 1 unspecified atom stereocenters. The lowest BCUT2D eigenvalue weighted by Gasteiger charge is -2.29. The van der Waals surface area contributed by atoms with Crippen molar-refractivity contribution in [1.82, 2.24) is 0 Å². The summed E-state index contributed by atoms with van der Waals surface area (Å²) in [6.45, 7) is 8.78. The summed E-state index contributed by atoms with van der Waals surface area (Å²) in [5, 5.41) is 0. The van der Waals surface area contributed by atoms with E-state index >= 15 is 0 Å². The molecule has 204 valence electrons. The second kappa shape index (κ2) is 16.0. The minimum Gasteiger partial charge on any atom is -0.426 e. The van der Waals surface area contributed by atoms with E-state index in [2.05, 4.69) is 51.1 Å². The smallest absolute Gasteiger partial charge is 0.314 e. The number of para-hydroxylation sites is 1. The molecule has 0 spiro atoms. The van der Waals surface area contributed by atoms with Crippen LogP contribution in [0.2, 0.25) is 0 Å². The molecule has 3 rings (SSSR count). The van der Waals surface area contributed by atoms with E-state index in [1.54, 1.807) is 0 Å². The molecule has 2 heteroatoms. The summed E-state index contributed by atoms with van der Waals surface area (Å²) in [5.74, 6) is 2.29. The monoisotopic (exact) mass is 504 g/mol. The van der Waals surface area contributed by atoms with Crippen LogP contribution < -0.4 is 4.74 Å². The third-order valence-electron chi connectivity index (χ3n) is 8.64. The molecule has 0 aliphatic heterocycles. The highest BCUT2D eigenvalue weighted by atomic mass is 16.5. The zero-order chi connectivity index (χ0) is 26.5. The van der Waals surface area contributed by atoms with Crippen LogP contribution in [-0.4, -0.2) is 5.97 Å². The first-order valence-electron chi connectivity index (χ1n) is 15.4. The van der Waals surface area contributed by atoms with Crippen molar-refractivity contribution >= 4 is 5.97 Å². The average molecular weight is 505 g/mol. The molecule has 0 bridgehead atoms. The second-order valence-electron chi connectivity index (χ2n) is 11.7. The van der Waals surface area contributed by atoms with Gasteiger partial charge in [-0.2, -0.15) is 0 Å². The third-order valence-corrected chi connectivity index (χ3v) is 8.64. The average Bonchev–Trinajstić information content (AvgIpc) is 2.91. The van der Waals surface area contributed by atoms with Gasteiger partial charge >= 0.3 is 5.97 Å². The molecule has 1 aliphatic carbocycles. The summed E-state index contributed by atoms with van der Waals surface area (Å²) in [7, 11) is 0. The molecule has 0 N–H and O–H groups in total. The van der Waals surface area contributed by atoms with Crippen LogP contribution in [0.1, 0.15) is 132 Å². The summed E-state index contributed by atoms with van der Waals surface area (Å²) in [6, 6.07) is 15.3. The maximum absolute atomic E-state index is 12.7. The van der Waals surface area contributed by atoms with Crippen LogP contribution in [0.3, 0.4) is 0 Å². The first kappa shape index (κ1) is 29.5. The molecule has 1 saturated carbocycles. The van der Waals surface area contributed by atoms with E-state index in [0.29, 0.717) is 0 Å². The van der Waals surface area contributed by atoms with Crippen molar-refractivity contribution in [2.45, 2.75) is 130 Å². The highest BCUT2D eigenvalue weighted by molar-refractivity contribution is 5.75. The highest BCUT2D eigenvalue weighted by Gasteiger charge is 2.22. The first-order chi connectivity index (χ1) is 18.0. The van der Waals surface area contributed by atoms with Crippen LogP contribution in [-0.2, 0) is 17.6 Å². The molecule has 1 fully saturated rings. The maximum atomic E-state index is 12.7. The Hall–Kier alpha value is -2.09. The fraction of sp³-hybridized carbons (Fsp3) is 0.629. The van der Waals surface area contributed by atoms with E-state index in [0.717, 1.165) is 48.8 Å². The van der Waals surface area contributed by atoms with Crippen LogP contribution in [0, 0.1) is 18.8 Å². The topological polar surface area (TPSA) is 26.3 Å². The Morgan fingerprint density at radius 3 is 2.30 bits per heavy atom. The van der Waals surface area contributed by atoms with Gasteiger partial charge in [0.05, 0.1) is 5.92 Å². The number of rotatable bonds is 15. The van der Waals surface area contributed by atoms with Gasteiger partial charge in [-0.15, -0.1) is 0 Å². The van der Waals surface area contributed by atoms with Crippen molar-refractivity contribution in [3.8, 4) is 5.75 Å². The number of hydrogen-bond donors (Lipinski definition) is 0. The molecular formula is C35H52O2. The Morgan fingerprint density at radius 1 is 0.865 bits per heavy atom. The number of ether oxygens (including phenoxy) is 1. The van der Waals surface area contributed by atoms with Crippen LogP contribution in [0.4, 0.5) is 0 Å². The van der Waals surface area contributed by atoms with E-state index in [4.69, 9.17) is 4.74 Å². The molecule has 2 aromatic carbocycles. The first-order valence-corrected chi connectivity index (χ1v) is 15.4. The number of hydrogen-bond acceptors (Lipinski definition) is 2. The molecule has 1 atom stereocenters. The van der Waals surface area contributed by atoms with Crippen molar-refractivity contribution in [2.75, 3.05) is 0 Å². The Kier molecular flexibility index (Phi) is 12.7. The van der Waals surface area contributed by atoms with Crippen molar-refractivity contribution in [3.63, 3.8) is 0 Å². The van der Waals surface area contributed by atoms with Gasteiger partial charge in [-0.25, -0.2) is 0 Å². The predicted molar refractivity (Wildman–Crippen MR) is 157 cm³/mol. The molecule has 0 aromatic heterocycles. The SMILES string of the molecule is CCCCCCC(C)C(=O)Oc1ccccc1CCc1ccc(C2CCC(CCCCC)CC2)cc1C. The molecule has 0 amide bonds. The lowest BCUT2D eigenvalue weighted by molar-refractivity contribution is -0.138. The van der Waals surface area contributed by atoms with Crippen molar-refractivity contribution in [2.24, 2.45) is 11.8 Å². The van der Waals surface area contributed by atoms with Crippen molar-refractivity contribution in [3.05, 3.63) is 64.7 Å². The molecule has 1 aliphatic rings. The summed E-state index contributed by atoms with van der Waals surface area (Å²) < 4.78 is 5.88. The van der Waals surface area contributed by atoms with Gasteiger partial charge in [-0.1, -0.05) is 109 Å². The summed E-state index contributed by atoms with van der Waals surface area (Å²) in [5.41, 5.74) is 5.47. The van der Waals surface area contributed by atoms with Crippen LogP contribution in [0.25, 0.3) is 0 Å². The zero-order valence-corrected chi connectivity index (χ0v) is 24.2. The van der Waals surface area contributed by atoms with Gasteiger partial charge in [0.25, 0.3) is 0 Å². The minimum atomic E-state index is -0.0930. The Bertz CT molecular complexity index is 938. The molecule has 0 saturated heterocycles. The molecule has 2 aromatic rings. The molecule has 0 heterocycles. The number of carbonyl (C=O) groups excluding carboxylic acids is 1. The number of unbranched alkanes of at least 4 members (excludes halogenated alkanes) is 5. The molecule has 37 heavy (non-hydrogen) atoms. The Labute approximate surface area is 227 Å². The van der Waals surface area contributed by atoms with Gasteiger partial charge in [-0.3, -0.25) is 4.79 Å². The van der Waals surface area contributed by atoms with Crippen LogP contribution in [0.5, 0.6) is 5.75 Å². The van der Waals surface area contributed by atoms with Gasteiger partial charge in [0.2, 0.25) is 0 Å². The summed E-state index contributed by atoms with van der Waals surface area (Å²) in [4.78, 5) is 12.7. The minimum absolute atomic E-state index is 0.0499. The summed E-state index contributed by atoms with van der Waals surface area (Å²) in [6.07, 6.45) is 18.6. The Balaban J connectivity index is 1.51. The van der Waals surface area contributed by atoms with E-state index in [1.165, 1.54) is 87.3 Å². The number of benzene rings is 2. The van der Waals surface area contributed by atoms with Gasteiger partial charge in [0.15, 0.2) is 0 Å². The van der Waals surface area contributed by atoms with Crippen LogP contribution >= 0.6 is 0 Å². The lowest BCUT2D eigenvalue weighted by atomic mass is 9.76. The molecular weight excluding hydrogens is 452 g/mol. The van der Waals surface area contributed by atoms with E-state index in [1.807, 2.05) is 19.1 Å². The van der Waals surface area contributed by atoms with E-state index < -0.39 is 0 Å². The molecule has 2 nitrogen and oxygen atoms in total. The normalized spacial score (nSPS) is 18.5. The van der Waals surface area contributed by atoms with Crippen molar-refractivity contribution in [1.29, 1.82) is 0 Å². The number of carbonyl (C=O) groups is 1. The van der Waals surface area contributed by atoms with Gasteiger partial charge in [0, 0.05) is 0 Å². The molecule has 0 radical (unpaired) electrons. The summed E-state index contributed by atoms with van der Waals surface area (Å²) >= 11 is 0. The largest absolute Gasteiger partial charge is 0.426 e. The fourth-order valence-electron chi connectivity index (χ4n) is 6.00. The van der Waals surface area contributed by atoms with E-state index in [-0.39, 0.29) is 11.9 Å². The van der Waals surface area contributed by atoms with E-state index in [9.17, 15) is 4.79 Å². The number of aryl methyl sites for hydroxylation is 3. The second-order valence-corrected chi connectivity index (χ2v) is 11.7. The zero-order valence-electron chi connectivity index (χ0n) is 24.2. The van der Waals surface area contributed by atoms with Crippen molar-refractivity contribution < 1.29 is 9.53 Å². The van der Waals surface area contributed by atoms with Crippen LogP contribution in [0.15, 0.2) is 42.5 Å². The maximum Gasteiger partial charge on any atom is 0.314 e. The third kappa shape index (κ3) is 9.62.